The number of anilines is 1. The van der Waals surface area contributed by atoms with Crippen molar-refractivity contribution < 1.29 is 9.53 Å². The Kier molecular flexibility index (Phi) is 6.35. The number of rotatable bonds is 8. The Hall–Kier alpha value is -2.84. The average molecular weight is 439 g/mol. The molecule has 2 heterocycles. The van der Waals surface area contributed by atoms with Crippen LogP contribution >= 0.6 is 23.1 Å². The van der Waals surface area contributed by atoms with Gasteiger partial charge in [-0.15, -0.1) is 21.5 Å². The second kappa shape index (κ2) is 9.32. The van der Waals surface area contributed by atoms with E-state index < -0.39 is 0 Å². The summed E-state index contributed by atoms with van der Waals surface area (Å²) in [5.74, 6) is 1.78. The van der Waals surface area contributed by atoms with Crippen molar-refractivity contribution in [3.8, 4) is 17.1 Å². The lowest BCUT2D eigenvalue weighted by Gasteiger charge is -2.09. The smallest absolute Gasteiger partial charge is 0.234 e. The van der Waals surface area contributed by atoms with Crippen LogP contribution in [0.25, 0.3) is 21.5 Å². The fourth-order valence-corrected chi connectivity index (χ4v) is 4.88. The van der Waals surface area contributed by atoms with Crippen LogP contribution in [0.1, 0.15) is 13.3 Å². The molecule has 4 rings (SSSR count). The van der Waals surface area contributed by atoms with Gasteiger partial charge in [-0.3, -0.25) is 4.79 Å². The Balaban J connectivity index is 1.49. The van der Waals surface area contributed by atoms with Crippen LogP contribution in [-0.4, -0.2) is 33.5 Å². The maximum atomic E-state index is 12.4. The van der Waals surface area contributed by atoms with Crippen molar-refractivity contribution in [1.82, 2.24) is 14.8 Å². The first-order chi connectivity index (χ1) is 14.7. The fourth-order valence-electron chi connectivity index (χ4n) is 3.17. The summed E-state index contributed by atoms with van der Waals surface area (Å²) in [6.45, 7) is 2.93. The number of fused-ring (bicyclic) bond motifs is 1. The van der Waals surface area contributed by atoms with Gasteiger partial charge in [0, 0.05) is 33.3 Å². The number of aromatic nitrogens is 3. The molecular formula is C22H22N4O2S2. The summed E-state index contributed by atoms with van der Waals surface area (Å²) in [5.41, 5.74) is 1.83. The number of carbonyl (C=O) groups excluding carboxylic acids is 1. The van der Waals surface area contributed by atoms with E-state index in [2.05, 4.69) is 44.5 Å². The number of methoxy groups -OCH3 is 1. The Morgan fingerprint density at radius 1 is 1.17 bits per heavy atom. The summed E-state index contributed by atoms with van der Waals surface area (Å²) >= 11 is 3.11. The maximum Gasteiger partial charge on any atom is 0.234 e. The van der Waals surface area contributed by atoms with Gasteiger partial charge in [0.05, 0.1) is 12.9 Å². The molecule has 0 saturated heterocycles. The van der Waals surface area contributed by atoms with Gasteiger partial charge in [0.2, 0.25) is 5.91 Å². The molecule has 4 aromatic rings. The second-order valence-corrected chi connectivity index (χ2v) is 8.52. The Morgan fingerprint density at radius 2 is 1.97 bits per heavy atom. The zero-order chi connectivity index (χ0) is 20.9. The van der Waals surface area contributed by atoms with Crippen molar-refractivity contribution in [2.24, 2.45) is 0 Å². The first-order valence-corrected chi connectivity index (χ1v) is 11.5. The first-order valence-electron chi connectivity index (χ1n) is 9.66. The lowest BCUT2D eigenvalue weighted by molar-refractivity contribution is -0.113. The fraction of sp³-hybridized carbons (Fsp3) is 0.227. The summed E-state index contributed by atoms with van der Waals surface area (Å²) in [6, 6.07) is 15.6. The van der Waals surface area contributed by atoms with Crippen molar-refractivity contribution in [2.45, 2.75) is 25.0 Å². The van der Waals surface area contributed by atoms with Crippen LogP contribution in [0.15, 0.2) is 59.1 Å². The van der Waals surface area contributed by atoms with E-state index in [-0.39, 0.29) is 11.7 Å². The van der Waals surface area contributed by atoms with Crippen LogP contribution < -0.4 is 10.1 Å². The topological polar surface area (TPSA) is 69.0 Å². The number of hydrogen-bond donors (Lipinski definition) is 1. The van der Waals surface area contributed by atoms with Gasteiger partial charge in [0.1, 0.15) is 5.75 Å². The van der Waals surface area contributed by atoms with Gasteiger partial charge in [-0.1, -0.05) is 36.9 Å². The highest BCUT2D eigenvalue weighted by Gasteiger charge is 2.18. The Bertz CT molecular complexity index is 1150. The highest BCUT2D eigenvalue weighted by atomic mass is 32.2. The van der Waals surface area contributed by atoms with Crippen molar-refractivity contribution in [3.63, 3.8) is 0 Å². The van der Waals surface area contributed by atoms with E-state index in [9.17, 15) is 4.79 Å². The SMILES string of the molecule is CCCn1c(SCC(=O)Nc2ccc(OC)cc2)nnc1-c1csc2ccccc12. The predicted octanol–water partition coefficient (Wildman–Crippen LogP) is 5.31. The maximum absolute atomic E-state index is 12.4. The molecule has 0 saturated carbocycles. The zero-order valence-corrected chi connectivity index (χ0v) is 18.4. The van der Waals surface area contributed by atoms with E-state index in [1.807, 2.05) is 36.4 Å². The third-order valence-electron chi connectivity index (χ3n) is 4.59. The van der Waals surface area contributed by atoms with Crippen molar-refractivity contribution in [3.05, 3.63) is 53.9 Å². The molecule has 0 aliphatic carbocycles. The molecule has 1 amide bonds. The number of carbonyl (C=O) groups is 1. The van der Waals surface area contributed by atoms with Crippen LogP contribution in [0.5, 0.6) is 5.75 Å². The molecule has 1 N–H and O–H groups in total. The van der Waals surface area contributed by atoms with Crippen molar-refractivity contribution in [1.29, 1.82) is 0 Å². The highest BCUT2D eigenvalue weighted by Crippen LogP contribution is 2.34. The van der Waals surface area contributed by atoms with Gasteiger partial charge >= 0.3 is 0 Å². The molecule has 2 aromatic heterocycles. The van der Waals surface area contributed by atoms with Crippen molar-refractivity contribution in [2.75, 3.05) is 18.2 Å². The molecule has 0 aliphatic heterocycles. The molecule has 0 radical (unpaired) electrons. The average Bonchev–Trinajstić information content (AvgIpc) is 3.37. The van der Waals surface area contributed by atoms with E-state index in [4.69, 9.17) is 4.74 Å². The molecule has 154 valence electrons. The van der Waals surface area contributed by atoms with Gasteiger partial charge in [0.25, 0.3) is 0 Å². The third-order valence-corrected chi connectivity index (χ3v) is 6.52. The minimum atomic E-state index is -0.0845. The normalized spacial score (nSPS) is 11.0. The number of thioether (sulfide) groups is 1. The number of amides is 1. The van der Waals surface area contributed by atoms with Gasteiger partial charge in [-0.05, 0) is 36.8 Å². The van der Waals surface area contributed by atoms with Crippen LogP contribution in [0.3, 0.4) is 0 Å². The van der Waals surface area contributed by atoms with Crippen LogP contribution in [-0.2, 0) is 11.3 Å². The lowest BCUT2D eigenvalue weighted by Crippen LogP contribution is -2.14. The van der Waals surface area contributed by atoms with E-state index >= 15 is 0 Å². The van der Waals surface area contributed by atoms with Crippen LogP contribution in [0, 0.1) is 0 Å². The van der Waals surface area contributed by atoms with Crippen LogP contribution in [0.4, 0.5) is 5.69 Å². The number of benzene rings is 2. The van der Waals surface area contributed by atoms with Gasteiger partial charge in [0.15, 0.2) is 11.0 Å². The minimum absolute atomic E-state index is 0.0845. The number of nitrogens with one attached hydrogen (secondary N) is 1. The van der Waals surface area contributed by atoms with Gasteiger partial charge in [-0.2, -0.15) is 0 Å². The minimum Gasteiger partial charge on any atom is -0.497 e. The molecule has 2 aromatic carbocycles. The molecule has 30 heavy (non-hydrogen) atoms. The van der Waals surface area contributed by atoms with E-state index in [0.29, 0.717) is 0 Å². The molecule has 0 aliphatic rings. The summed E-state index contributed by atoms with van der Waals surface area (Å²) < 4.78 is 8.48. The third kappa shape index (κ3) is 4.34. The summed E-state index contributed by atoms with van der Waals surface area (Å²) in [6.07, 6.45) is 0.957. The first kappa shape index (κ1) is 20.4. The molecule has 0 fully saturated rings. The number of hydrogen-bond acceptors (Lipinski definition) is 6. The monoisotopic (exact) mass is 438 g/mol. The standard InChI is InChI=1S/C22H22N4O2S2/c1-3-12-26-21(18-13-29-19-7-5-4-6-17(18)19)24-25-22(26)30-14-20(27)23-15-8-10-16(28-2)11-9-15/h4-11,13H,3,12,14H2,1-2H3,(H,23,27). The van der Waals surface area contributed by atoms with E-state index in [1.165, 1.54) is 21.8 Å². The number of thiophene rings is 1. The summed E-state index contributed by atoms with van der Waals surface area (Å²) in [4.78, 5) is 12.4. The summed E-state index contributed by atoms with van der Waals surface area (Å²) in [7, 11) is 1.61. The van der Waals surface area contributed by atoms with Gasteiger partial charge in [-0.25, -0.2) is 0 Å². The molecule has 0 atom stereocenters. The van der Waals surface area contributed by atoms with E-state index in [1.54, 1.807) is 18.4 Å². The molecular weight excluding hydrogens is 416 g/mol. The molecule has 8 heteroatoms. The molecule has 0 bridgehead atoms. The predicted molar refractivity (Wildman–Crippen MR) is 123 cm³/mol. The lowest BCUT2D eigenvalue weighted by atomic mass is 10.1. The Labute approximate surface area is 183 Å². The molecule has 0 unspecified atom stereocenters. The quantitative estimate of drug-likeness (QED) is 0.378. The Morgan fingerprint density at radius 3 is 2.73 bits per heavy atom. The molecule has 0 spiro atoms. The highest BCUT2D eigenvalue weighted by molar-refractivity contribution is 7.99. The zero-order valence-electron chi connectivity index (χ0n) is 16.8. The molecule has 6 nitrogen and oxygen atoms in total. The van der Waals surface area contributed by atoms with Gasteiger partial charge < -0.3 is 14.6 Å². The largest absolute Gasteiger partial charge is 0.497 e. The second-order valence-electron chi connectivity index (χ2n) is 6.67. The van der Waals surface area contributed by atoms with Crippen LogP contribution in [0.2, 0.25) is 0 Å². The number of nitrogens with zero attached hydrogens (tertiary/aromatic N) is 3. The summed E-state index contributed by atoms with van der Waals surface area (Å²) in [5, 5.41) is 15.8. The van der Waals surface area contributed by atoms with E-state index in [0.717, 1.165) is 40.9 Å². The number of ether oxygens (including phenoxy) is 1. The van der Waals surface area contributed by atoms with Crippen molar-refractivity contribution >= 4 is 44.8 Å².